The summed E-state index contributed by atoms with van der Waals surface area (Å²) in [5, 5.41) is 19.8. The van der Waals surface area contributed by atoms with Crippen molar-refractivity contribution < 1.29 is 4.79 Å². The summed E-state index contributed by atoms with van der Waals surface area (Å²) in [6.07, 6.45) is 1.87. The van der Waals surface area contributed by atoms with Crippen LogP contribution in [-0.2, 0) is 11.2 Å². The first-order valence-corrected chi connectivity index (χ1v) is 6.03. The summed E-state index contributed by atoms with van der Waals surface area (Å²) < 4.78 is 0. The molecule has 0 saturated heterocycles. The summed E-state index contributed by atoms with van der Waals surface area (Å²) in [5.41, 5.74) is 1.48. The van der Waals surface area contributed by atoms with Crippen molar-refractivity contribution in [3.05, 3.63) is 42.2 Å². The molecule has 6 heteroatoms. The number of nitrogens with one attached hydrogen (secondary N) is 2. The SMILES string of the molecule is N#CSc1ccc(NC(=O)Cc2ccn[nH]2)cc1. The third-order valence-corrected chi connectivity index (χ3v) is 2.81. The second kappa shape index (κ2) is 5.89. The Hall–Kier alpha value is -2.26. The van der Waals surface area contributed by atoms with Gasteiger partial charge in [0.1, 0.15) is 5.40 Å². The van der Waals surface area contributed by atoms with E-state index in [2.05, 4.69) is 15.5 Å². The van der Waals surface area contributed by atoms with Crippen molar-refractivity contribution in [1.29, 1.82) is 5.26 Å². The quantitative estimate of drug-likeness (QED) is 0.650. The Morgan fingerprint density at radius 3 is 2.78 bits per heavy atom. The van der Waals surface area contributed by atoms with Gasteiger partial charge in [0.05, 0.1) is 6.42 Å². The highest BCUT2D eigenvalue weighted by atomic mass is 32.2. The number of H-pyrrole nitrogens is 1. The van der Waals surface area contributed by atoms with Crippen molar-refractivity contribution in [3.63, 3.8) is 0 Å². The van der Waals surface area contributed by atoms with Crippen LogP contribution in [0.5, 0.6) is 0 Å². The summed E-state index contributed by atoms with van der Waals surface area (Å²) in [7, 11) is 0. The van der Waals surface area contributed by atoms with Gasteiger partial charge in [0.15, 0.2) is 0 Å². The van der Waals surface area contributed by atoms with E-state index in [9.17, 15) is 4.79 Å². The zero-order chi connectivity index (χ0) is 12.8. The lowest BCUT2D eigenvalue weighted by Gasteiger charge is -2.04. The van der Waals surface area contributed by atoms with Gasteiger partial charge in [0.25, 0.3) is 0 Å². The van der Waals surface area contributed by atoms with Crippen molar-refractivity contribution >= 4 is 23.4 Å². The Morgan fingerprint density at radius 1 is 1.39 bits per heavy atom. The van der Waals surface area contributed by atoms with Gasteiger partial charge in [0, 0.05) is 22.5 Å². The number of nitrogens with zero attached hydrogens (tertiary/aromatic N) is 2. The lowest BCUT2D eigenvalue weighted by Crippen LogP contribution is -2.14. The van der Waals surface area contributed by atoms with Crippen LogP contribution in [0.1, 0.15) is 5.69 Å². The highest BCUT2D eigenvalue weighted by molar-refractivity contribution is 8.03. The second-order valence-electron chi connectivity index (χ2n) is 3.52. The molecule has 1 aromatic heterocycles. The van der Waals surface area contributed by atoms with Crippen LogP contribution in [-0.4, -0.2) is 16.1 Å². The normalized spacial score (nSPS) is 9.72. The number of nitriles is 1. The van der Waals surface area contributed by atoms with Gasteiger partial charge in [-0.1, -0.05) is 0 Å². The third-order valence-electron chi connectivity index (χ3n) is 2.21. The number of thioether (sulfide) groups is 1. The number of rotatable bonds is 4. The number of benzene rings is 1. The minimum absolute atomic E-state index is 0.111. The van der Waals surface area contributed by atoms with Crippen molar-refractivity contribution in [3.8, 4) is 5.40 Å². The number of thiocyanates is 1. The fourth-order valence-electron chi connectivity index (χ4n) is 1.42. The van der Waals surface area contributed by atoms with E-state index in [1.807, 2.05) is 5.40 Å². The smallest absolute Gasteiger partial charge is 0.230 e. The minimum atomic E-state index is -0.111. The largest absolute Gasteiger partial charge is 0.326 e. The molecule has 1 amide bonds. The van der Waals surface area contributed by atoms with Gasteiger partial charge in [-0.25, -0.2) is 0 Å². The molecule has 0 spiro atoms. The first-order valence-electron chi connectivity index (χ1n) is 5.22. The molecule has 0 unspecified atom stereocenters. The van der Waals surface area contributed by atoms with E-state index in [4.69, 9.17) is 5.26 Å². The van der Waals surface area contributed by atoms with Crippen molar-refractivity contribution in [2.24, 2.45) is 0 Å². The Balaban J connectivity index is 1.93. The predicted molar refractivity (Wildman–Crippen MR) is 68.8 cm³/mol. The molecule has 0 saturated carbocycles. The number of aromatic amines is 1. The fourth-order valence-corrected chi connectivity index (χ4v) is 1.80. The predicted octanol–water partition coefficient (Wildman–Crippen LogP) is 2.16. The molecule has 18 heavy (non-hydrogen) atoms. The van der Waals surface area contributed by atoms with E-state index in [1.165, 1.54) is 0 Å². The summed E-state index contributed by atoms with van der Waals surface area (Å²) >= 11 is 1.09. The van der Waals surface area contributed by atoms with Gasteiger partial charge in [-0.2, -0.15) is 10.4 Å². The van der Waals surface area contributed by atoms with Crippen LogP contribution in [0.15, 0.2) is 41.4 Å². The van der Waals surface area contributed by atoms with Gasteiger partial charge < -0.3 is 5.32 Å². The first-order chi connectivity index (χ1) is 8.78. The zero-order valence-corrected chi connectivity index (χ0v) is 10.2. The van der Waals surface area contributed by atoms with Crippen LogP contribution in [0, 0.1) is 10.7 Å². The highest BCUT2D eigenvalue weighted by Gasteiger charge is 2.05. The van der Waals surface area contributed by atoms with Gasteiger partial charge >= 0.3 is 0 Å². The van der Waals surface area contributed by atoms with Gasteiger partial charge in [-0.15, -0.1) is 0 Å². The average Bonchev–Trinajstić information content (AvgIpc) is 2.84. The van der Waals surface area contributed by atoms with E-state index in [0.717, 1.165) is 22.4 Å². The Morgan fingerprint density at radius 2 is 2.17 bits per heavy atom. The lowest BCUT2D eigenvalue weighted by atomic mass is 10.2. The van der Waals surface area contributed by atoms with Crippen molar-refractivity contribution in [2.45, 2.75) is 11.3 Å². The molecule has 5 nitrogen and oxygen atoms in total. The van der Waals surface area contributed by atoms with Crippen LogP contribution in [0.2, 0.25) is 0 Å². The molecule has 2 aromatic rings. The molecular weight excluding hydrogens is 248 g/mol. The lowest BCUT2D eigenvalue weighted by molar-refractivity contribution is -0.115. The Kier molecular flexibility index (Phi) is 3.99. The summed E-state index contributed by atoms with van der Waals surface area (Å²) in [4.78, 5) is 12.5. The number of anilines is 1. The number of amides is 1. The number of carbonyl (C=O) groups is 1. The van der Waals surface area contributed by atoms with Crippen LogP contribution in [0.4, 0.5) is 5.69 Å². The second-order valence-corrected chi connectivity index (χ2v) is 4.38. The number of aromatic nitrogens is 2. The standard InChI is InChI=1S/C12H10N4OS/c13-8-18-11-3-1-9(2-4-11)15-12(17)7-10-5-6-14-16-10/h1-6H,7H2,(H,14,16)(H,15,17). The number of hydrogen-bond donors (Lipinski definition) is 2. The molecule has 0 radical (unpaired) electrons. The molecule has 2 rings (SSSR count). The summed E-state index contributed by atoms with van der Waals surface area (Å²) in [6, 6.07) is 8.88. The van der Waals surface area contributed by atoms with Crippen LogP contribution in [0.25, 0.3) is 0 Å². The molecule has 1 aromatic carbocycles. The van der Waals surface area contributed by atoms with Crippen LogP contribution >= 0.6 is 11.8 Å². The van der Waals surface area contributed by atoms with Crippen LogP contribution < -0.4 is 5.32 Å². The number of hydrogen-bond acceptors (Lipinski definition) is 4. The molecular formula is C12H10N4OS. The van der Waals surface area contributed by atoms with E-state index in [0.29, 0.717) is 5.69 Å². The summed E-state index contributed by atoms with van der Waals surface area (Å²) in [5.74, 6) is -0.111. The molecule has 0 bridgehead atoms. The monoisotopic (exact) mass is 258 g/mol. The van der Waals surface area contributed by atoms with E-state index in [1.54, 1.807) is 36.5 Å². The van der Waals surface area contributed by atoms with Gasteiger partial charge in [-0.3, -0.25) is 9.89 Å². The van der Waals surface area contributed by atoms with E-state index < -0.39 is 0 Å². The highest BCUT2D eigenvalue weighted by Crippen LogP contribution is 2.19. The first kappa shape index (κ1) is 12.2. The van der Waals surface area contributed by atoms with Gasteiger partial charge in [-0.05, 0) is 42.1 Å². The Labute approximate surface area is 108 Å². The molecule has 0 aliphatic carbocycles. The molecule has 2 N–H and O–H groups in total. The zero-order valence-electron chi connectivity index (χ0n) is 9.38. The van der Waals surface area contributed by atoms with E-state index >= 15 is 0 Å². The molecule has 0 fully saturated rings. The topological polar surface area (TPSA) is 81.6 Å². The number of carbonyl (C=O) groups excluding carboxylic acids is 1. The molecule has 0 aliphatic rings. The maximum Gasteiger partial charge on any atom is 0.230 e. The average molecular weight is 258 g/mol. The maximum atomic E-state index is 11.7. The van der Waals surface area contributed by atoms with Crippen molar-refractivity contribution in [1.82, 2.24) is 10.2 Å². The minimum Gasteiger partial charge on any atom is -0.326 e. The molecule has 0 aliphatic heterocycles. The third kappa shape index (κ3) is 3.37. The maximum absolute atomic E-state index is 11.7. The summed E-state index contributed by atoms with van der Waals surface area (Å²) in [6.45, 7) is 0. The fraction of sp³-hybridized carbons (Fsp3) is 0.0833. The van der Waals surface area contributed by atoms with Gasteiger partial charge in [0.2, 0.25) is 5.91 Å². The molecule has 0 atom stereocenters. The molecule has 1 heterocycles. The van der Waals surface area contributed by atoms with E-state index in [-0.39, 0.29) is 12.3 Å². The van der Waals surface area contributed by atoms with Crippen LogP contribution in [0.3, 0.4) is 0 Å². The molecule has 90 valence electrons. The Bertz CT molecular complexity index is 557. The van der Waals surface area contributed by atoms with Crippen molar-refractivity contribution in [2.75, 3.05) is 5.32 Å².